The average Bonchev–Trinajstić information content (AvgIpc) is 2.11. The Bertz CT molecular complexity index is 511. The molecule has 0 aliphatic rings. The van der Waals surface area contributed by atoms with Crippen molar-refractivity contribution >= 4 is 10.1 Å². The number of halogens is 3. The first-order chi connectivity index (χ1) is 7.54. The summed E-state index contributed by atoms with van der Waals surface area (Å²) in [6.45, 7) is 2.82. The van der Waals surface area contributed by atoms with Gasteiger partial charge in [0, 0.05) is 0 Å². The van der Waals surface area contributed by atoms with E-state index in [1.165, 1.54) is 13.8 Å². The number of alkyl halides is 3. The van der Waals surface area contributed by atoms with Gasteiger partial charge in [-0.2, -0.15) is 21.6 Å². The molecule has 0 saturated heterocycles. The first-order valence-corrected chi connectivity index (χ1v) is 5.76. The number of aromatic hydroxyl groups is 1. The molecule has 0 radical (unpaired) electrons. The summed E-state index contributed by atoms with van der Waals surface area (Å²) in [5, 5.41) is 9.36. The van der Waals surface area contributed by atoms with Crippen molar-refractivity contribution in [1.29, 1.82) is 0 Å². The second kappa shape index (κ2) is 4.10. The van der Waals surface area contributed by atoms with Gasteiger partial charge in [-0.05, 0) is 37.1 Å². The van der Waals surface area contributed by atoms with Crippen LogP contribution < -0.4 is 4.18 Å². The van der Waals surface area contributed by atoms with Crippen molar-refractivity contribution in [2.75, 3.05) is 0 Å². The molecule has 1 rings (SSSR count). The normalized spacial score (nSPS) is 12.5. The van der Waals surface area contributed by atoms with E-state index < -0.39 is 21.4 Å². The first kappa shape index (κ1) is 13.6. The maximum atomic E-state index is 12.0. The van der Waals surface area contributed by atoms with Crippen LogP contribution in [-0.2, 0) is 10.1 Å². The van der Waals surface area contributed by atoms with E-state index in [1.807, 2.05) is 0 Å². The Balaban J connectivity index is 3.14. The SMILES string of the molecule is Cc1cc(OS(=O)(=O)C(F)(F)F)cc(C)c1O. The molecule has 1 N–H and O–H groups in total. The van der Waals surface area contributed by atoms with Gasteiger partial charge < -0.3 is 9.29 Å². The van der Waals surface area contributed by atoms with E-state index in [2.05, 4.69) is 4.18 Å². The highest BCUT2D eigenvalue weighted by Gasteiger charge is 2.48. The molecule has 0 saturated carbocycles. The lowest BCUT2D eigenvalue weighted by atomic mass is 10.1. The molecule has 0 aliphatic heterocycles. The monoisotopic (exact) mass is 270 g/mol. The number of aryl methyl sites for hydroxylation is 2. The summed E-state index contributed by atoms with van der Waals surface area (Å²) in [4.78, 5) is 0. The molecule has 0 aromatic heterocycles. The van der Waals surface area contributed by atoms with Crippen LogP contribution in [0.2, 0.25) is 0 Å². The van der Waals surface area contributed by atoms with Crippen LogP contribution in [0.15, 0.2) is 12.1 Å². The van der Waals surface area contributed by atoms with Crippen LogP contribution in [0.3, 0.4) is 0 Å². The molecule has 0 atom stereocenters. The molecular weight excluding hydrogens is 261 g/mol. The second-order valence-electron chi connectivity index (χ2n) is 3.39. The van der Waals surface area contributed by atoms with Gasteiger partial charge >= 0.3 is 15.6 Å². The molecule has 17 heavy (non-hydrogen) atoms. The summed E-state index contributed by atoms with van der Waals surface area (Å²) in [6, 6.07) is 2.01. The fourth-order valence-electron chi connectivity index (χ4n) is 1.14. The van der Waals surface area contributed by atoms with Gasteiger partial charge in [0.25, 0.3) is 0 Å². The number of rotatable bonds is 2. The zero-order valence-corrected chi connectivity index (χ0v) is 9.69. The summed E-state index contributed by atoms with van der Waals surface area (Å²) < 4.78 is 61.5. The summed E-state index contributed by atoms with van der Waals surface area (Å²) in [7, 11) is -5.68. The number of phenols is 1. The fraction of sp³-hybridized carbons (Fsp3) is 0.333. The number of benzene rings is 1. The topological polar surface area (TPSA) is 63.6 Å². The molecule has 0 unspecified atom stereocenters. The van der Waals surface area contributed by atoms with E-state index in [9.17, 15) is 26.7 Å². The number of hydrogen-bond donors (Lipinski definition) is 1. The fourth-order valence-corrected chi connectivity index (χ4v) is 1.58. The highest BCUT2D eigenvalue weighted by atomic mass is 32.2. The summed E-state index contributed by atoms with van der Waals surface area (Å²) >= 11 is 0. The van der Waals surface area contributed by atoms with Gasteiger partial charge in [-0.3, -0.25) is 0 Å². The minimum atomic E-state index is -5.68. The van der Waals surface area contributed by atoms with Crippen molar-refractivity contribution in [3.8, 4) is 11.5 Å². The molecule has 4 nitrogen and oxygen atoms in total. The van der Waals surface area contributed by atoms with E-state index >= 15 is 0 Å². The van der Waals surface area contributed by atoms with Crippen LogP contribution >= 0.6 is 0 Å². The predicted molar refractivity (Wildman–Crippen MR) is 53.2 cm³/mol. The highest BCUT2D eigenvalue weighted by molar-refractivity contribution is 7.87. The average molecular weight is 270 g/mol. The van der Waals surface area contributed by atoms with E-state index in [0.29, 0.717) is 0 Å². The van der Waals surface area contributed by atoms with E-state index in [4.69, 9.17) is 0 Å². The Morgan fingerprint density at radius 3 is 1.94 bits per heavy atom. The lowest BCUT2D eigenvalue weighted by molar-refractivity contribution is -0.0500. The molecule has 96 valence electrons. The van der Waals surface area contributed by atoms with Crippen LogP contribution in [-0.4, -0.2) is 19.0 Å². The first-order valence-electron chi connectivity index (χ1n) is 4.35. The van der Waals surface area contributed by atoms with E-state index in [-0.39, 0.29) is 16.9 Å². The number of hydrogen-bond acceptors (Lipinski definition) is 4. The van der Waals surface area contributed by atoms with Gasteiger partial charge in [-0.15, -0.1) is 0 Å². The highest BCUT2D eigenvalue weighted by Crippen LogP contribution is 2.31. The summed E-state index contributed by atoms with van der Waals surface area (Å²) in [5.41, 5.74) is -5.04. The molecule has 8 heteroatoms. The zero-order valence-electron chi connectivity index (χ0n) is 8.87. The molecule has 0 spiro atoms. The van der Waals surface area contributed by atoms with Crippen molar-refractivity contribution in [1.82, 2.24) is 0 Å². The van der Waals surface area contributed by atoms with Crippen LogP contribution in [0.25, 0.3) is 0 Å². The zero-order chi connectivity index (χ0) is 13.4. The molecule has 0 amide bonds. The molecular formula is C9H9F3O4S. The maximum Gasteiger partial charge on any atom is 0.534 e. The standard InChI is InChI=1S/C9H9F3O4S/c1-5-3-7(4-6(2)8(5)13)16-17(14,15)9(10,11)12/h3-4,13H,1-2H3. The molecule has 0 bridgehead atoms. The van der Waals surface area contributed by atoms with E-state index in [0.717, 1.165) is 12.1 Å². The lowest BCUT2D eigenvalue weighted by Crippen LogP contribution is -2.28. The van der Waals surface area contributed by atoms with Gasteiger partial charge in [-0.25, -0.2) is 0 Å². The van der Waals surface area contributed by atoms with Crippen molar-refractivity contribution in [3.63, 3.8) is 0 Å². The van der Waals surface area contributed by atoms with Gasteiger partial charge in [-0.1, -0.05) is 0 Å². The van der Waals surface area contributed by atoms with Gasteiger partial charge in [0.15, 0.2) is 0 Å². The largest absolute Gasteiger partial charge is 0.534 e. The molecule has 1 aromatic carbocycles. The van der Waals surface area contributed by atoms with Crippen LogP contribution in [0.1, 0.15) is 11.1 Å². The van der Waals surface area contributed by atoms with Crippen molar-refractivity contribution in [2.24, 2.45) is 0 Å². The van der Waals surface area contributed by atoms with Crippen LogP contribution in [0.4, 0.5) is 13.2 Å². The minimum absolute atomic E-state index is 0.123. The van der Waals surface area contributed by atoms with Crippen LogP contribution in [0, 0.1) is 13.8 Å². The van der Waals surface area contributed by atoms with Crippen LogP contribution in [0.5, 0.6) is 11.5 Å². The van der Waals surface area contributed by atoms with E-state index in [1.54, 1.807) is 0 Å². The molecule has 0 aliphatic carbocycles. The Labute approximate surface area is 95.8 Å². The summed E-state index contributed by atoms with van der Waals surface area (Å²) in [6.07, 6.45) is 0. The number of phenolic OH excluding ortho intramolecular Hbond substituents is 1. The smallest absolute Gasteiger partial charge is 0.507 e. The molecule has 0 fully saturated rings. The third-order valence-corrected chi connectivity index (χ3v) is 2.93. The minimum Gasteiger partial charge on any atom is -0.507 e. The van der Waals surface area contributed by atoms with Crippen molar-refractivity contribution < 1.29 is 30.9 Å². The Kier molecular flexibility index (Phi) is 3.28. The lowest BCUT2D eigenvalue weighted by Gasteiger charge is -2.11. The van der Waals surface area contributed by atoms with Crippen molar-refractivity contribution in [3.05, 3.63) is 23.3 Å². The van der Waals surface area contributed by atoms with Gasteiger partial charge in [0.2, 0.25) is 0 Å². The van der Waals surface area contributed by atoms with Crippen molar-refractivity contribution in [2.45, 2.75) is 19.4 Å². The van der Waals surface area contributed by atoms with Gasteiger partial charge in [0.1, 0.15) is 11.5 Å². The Hall–Kier alpha value is -1.44. The second-order valence-corrected chi connectivity index (χ2v) is 4.93. The molecule has 0 heterocycles. The molecule has 1 aromatic rings. The Morgan fingerprint density at radius 1 is 1.18 bits per heavy atom. The third kappa shape index (κ3) is 2.82. The maximum absolute atomic E-state index is 12.0. The quantitative estimate of drug-likeness (QED) is 0.661. The van der Waals surface area contributed by atoms with Gasteiger partial charge in [0.05, 0.1) is 0 Å². The summed E-state index contributed by atoms with van der Waals surface area (Å²) in [5.74, 6) is -0.614. The Morgan fingerprint density at radius 2 is 1.59 bits per heavy atom. The predicted octanol–water partition coefficient (Wildman–Crippen LogP) is 2.24. The third-order valence-electron chi connectivity index (χ3n) is 1.95.